The van der Waals surface area contributed by atoms with E-state index in [4.69, 9.17) is 15.2 Å². The van der Waals surface area contributed by atoms with Crippen molar-refractivity contribution < 1.29 is 37.9 Å². The van der Waals surface area contributed by atoms with Crippen molar-refractivity contribution >= 4 is 13.8 Å². The number of hydrogen-bond acceptors (Lipinski definition) is 8. The van der Waals surface area contributed by atoms with Gasteiger partial charge < -0.3 is 32.1 Å². The molecule has 0 heterocycles. The zero-order chi connectivity index (χ0) is 17.0. The van der Waals surface area contributed by atoms with Gasteiger partial charge in [-0.25, -0.2) is 4.57 Å². The lowest BCUT2D eigenvalue weighted by molar-refractivity contribution is -0.364. The van der Waals surface area contributed by atoms with E-state index >= 15 is 0 Å². The zero-order valence-electron chi connectivity index (χ0n) is 12.3. The average Bonchev–Trinajstić information content (AvgIpc) is 2.45. The summed E-state index contributed by atoms with van der Waals surface area (Å²) in [7, 11) is -4.31. The topological polar surface area (TPSA) is 140 Å². The van der Waals surface area contributed by atoms with Crippen LogP contribution < -0.4 is 10.8 Å². The number of nitrogens with two attached hydrogens (primary N) is 1. The van der Waals surface area contributed by atoms with Crippen LogP contribution in [0.4, 0.5) is 0 Å². The number of esters is 1. The molecule has 1 unspecified atom stereocenters. The largest absolute Gasteiger partial charge is 0.604 e. The summed E-state index contributed by atoms with van der Waals surface area (Å²) < 4.78 is 30.2. The van der Waals surface area contributed by atoms with Gasteiger partial charge >= 0.3 is 13.8 Å². The molecule has 0 fully saturated rings. The lowest BCUT2D eigenvalue weighted by Crippen LogP contribution is -2.29. The average molecular weight is 339 g/mol. The van der Waals surface area contributed by atoms with E-state index in [0.29, 0.717) is 12.8 Å². The van der Waals surface area contributed by atoms with E-state index in [1.807, 2.05) is 0 Å². The third-order valence-electron chi connectivity index (χ3n) is 2.16. The van der Waals surface area contributed by atoms with E-state index in [9.17, 15) is 19.4 Å². The van der Waals surface area contributed by atoms with Gasteiger partial charge in [-0.05, 0) is 0 Å². The van der Waals surface area contributed by atoms with Gasteiger partial charge in [-0.1, -0.05) is 13.0 Å². The summed E-state index contributed by atoms with van der Waals surface area (Å²) in [5.74, 6) is -1.39. The van der Waals surface area contributed by atoms with E-state index in [-0.39, 0.29) is 26.2 Å². The summed E-state index contributed by atoms with van der Waals surface area (Å²) in [6, 6.07) is 0. The molecule has 9 nitrogen and oxygen atoms in total. The molecule has 0 aliphatic heterocycles. The number of carbonyl (C=O) groups is 1. The molecule has 0 aromatic carbocycles. The van der Waals surface area contributed by atoms with Crippen LogP contribution in [0.25, 0.3) is 0 Å². The monoisotopic (exact) mass is 339 g/mol. The second-order valence-electron chi connectivity index (χ2n) is 4.14. The molecule has 0 spiro atoms. The molecule has 2 atom stereocenters. The molecule has 0 saturated carbocycles. The Morgan fingerprint density at radius 3 is 2.64 bits per heavy atom. The maximum atomic E-state index is 11.4. The first-order chi connectivity index (χ1) is 10.3. The molecular weight excluding hydrogens is 317 g/mol. The van der Waals surface area contributed by atoms with Crippen LogP contribution in [0.1, 0.15) is 19.3 Å². The van der Waals surface area contributed by atoms with Gasteiger partial charge in [0.1, 0.15) is 6.61 Å². The molecule has 130 valence electrons. The highest BCUT2D eigenvalue weighted by Crippen LogP contribution is 2.43. The normalized spacial score (nSPS) is 14.9. The number of hydrogen-bond donors (Lipinski definition) is 2. The van der Waals surface area contributed by atoms with Crippen LogP contribution in [-0.2, 0) is 27.9 Å². The highest BCUT2D eigenvalue weighted by Gasteiger charge is 2.22. The van der Waals surface area contributed by atoms with Crippen LogP contribution in [-0.4, -0.2) is 43.3 Å². The summed E-state index contributed by atoms with van der Waals surface area (Å²) in [5, 5.41) is 10.9. The summed E-state index contributed by atoms with van der Waals surface area (Å²) in [6.45, 7) is 5.63. The predicted octanol–water partition coefficient (Wildman–Crippen LogP) is -0.157. The molecule has 0 radical (unpaired) electrons. The van der Waals surface area contributed by atoms with Crippen molar-refractivity contribution in [2.75, 3.05) is 26.4 Å². The lowest BCUT2D eigenvalue weighted by Gasteiger charge is -2.26. The van der Waals surface area contributed by atoms with Crippen molar-refractivity contribution in [3.8, 4) is 0 Å². The number of ether oxygens (including phenoxy) is 2. The minimum absolute atomic E-state index is 0.0368. The zero-order valence-corrected chi connectivity index (χ0v) is 13.2. The first-order valence-electron chi connectivity index (χ1n) is 6.60. The Morgan fingerprint density at radius 2 is 2.09 bits per heavy atom. The van der Waals surface area contributed by atoms with Gasteiger partial charge in [0.2, 0.25) is 0 Å². The van der Waals surface area contributed by atoms with Crippen LogP contribution in [0.15, 0.2) is 12.5 Å². The Hall–Kier alpha value is -1.12. The predicted molar refractivity (Wildman–Crippen MR) is 75.0 cm³/mol. The van der Waals surface area contributed by atoms with Crippen LogP contribution >= 0.6 is 7.82 Å². The molecule has 10 heteroatoms. The van der Waals surface area contributed by atoms with Gasteiger partial charge in [0.15, 0.2) is 0 Å². The van der Waals surface area contributed by atoms with Gasteiger partial charge in [-0.3, -0.25) is 13.8 Å². The van der Waals surface area contributed by atoms with Crippen molar-refractivity contribution in [2.45, 2.75) is 25.4 Å². The molecule has 0 rings (SSSR count). The SMILES string of the molecule is C=C([O-])O[C@@H](COC(=O)CCC[CH2-])COP(=O)(O)OCCN. The second-order valence-corrected chi connectivity index (χ2v) is 5.59. The van der Waals surface area contributed by atoms with Crippen LogP contribution in [0.3, 0.4) is 0 Å². The Kier molecular flexibility index (Phi) is 10.9. The fraction of sp³-hybridized carbons (Fsp3) is 0.667. The maximum Gasteiger partial charge on any atom is 0.472 e. The highest BCUT2D eigenvalue weighted by molar-refractivity contribution is 7.47. The highest BCUT2D eigenvalue weighted by atomic mass is 31.2. The van der Waals surface area contributed by atoms with Gasteiger partial charge in [0.05, 0.1) is 19.3 Å². The number of phosphoric ester groups is 1. The van der Waals surface area contributed by atoms with Crippen molar-refractivity contribution in [1.82, 2.24) is 0 Å². The van der Waals surface area contributed by atoms with Crippen LogP contribution in [0.2, 0.25) is 0 Å². The number of phosphoric acid groups is 1. The van der Waals surface area contributed by atoms with E-state index < -0.39 is 32.4 Å². The maximum absolute atomic E-state index is 11.4. The van der Waals surface area contributed by atoms with Crippen LogP contribution in [0.5, 0.6) is 0 Å². The lowest BCUT2D eigenvalue weighted by atomic mass is 10.2. The van der Waals surface area contributed by atoms with Crippen molar-refractivity contribution in [1.29, 1.82) is 0 Å². The Morgan fingerprint density at radius 1 is 1.41 bits per heavy atom. The van der Waals surface area contributed by atoms with Crippen LogP contribution in [0, 0.1) is 6.92 Å². The van der Waals surface area contributed by atoms with E-state index in [0.717, 1.165) is 0 Å². The number of unbranched alkanes of at least 4 members (excludes halogenated alkanes) is 1. The molecule has 22 heavy (non-hydrogen) atoms. The molecule has 0 aliphatic rings. The first-order valence-corrected chi connectivity index (χ1v) is 8.09. The molecule has 0 bridgehead atoms. The van der Waals surface area contributed by atoms with Crippen molar-refractivity contribution in [2.24, 2.45) is 5.73 Å². The fourth-order valence-electron chi connectivity index (χ4n) is 1.21. The van der Waals surface area contributed by atoms with Gasteiger partial charge in [-0.15, -0.1) is 0 Å². The standard InChI is InChI=1S/C12H23NO8P/c1-3-4-5-12(15)18-8-11(21-10(2)14)9-20-22(16,17)19-7-6-13/h11,14H,1-9,13H2,(H,16,17)/q-1/p-1/t11-/m0/s1. The van der Waals surface area contributed by atoms with Gasteiger partial charge in [0.25, 0.3) is 0 Å². The molecule has 0 aliphatic carbocycles. The molecule has 3 N–H and O–H groups in total. The minimum atomic E-state index is -4.31. The van der Waals surface area contributed by atoms with Gasteiger partial charge in [0, 0.05) is 18.9 Å². The Balaban J connectivity index is 4.31. The Bertz CT molecular complexity index is 389. The van der Waals surface area contributed by atoms with E-state index in [2.05, 4.69) is 22.6 Å². The Labute approximate surface area is 129 Å². The second kappa shape index (κ2) is 11.4. The van der Waals surface area contributed by atoms with Gasteiger partial charge in [-0.2, -0.15) is 6.42 Å². The number of carbonyl (C=O) groups excluding carboxylic acids is 1. The summed E-state index contributed by atoms with van der Waals surface area (Å²) in [4.78, 5) is 20.7. The third-order valence-corrected chi connectivity index (χ3v) is 3.14. The molecule has 0 amide bonds. The van der Waals surface area contributed by atoms with Crippen molar-refractivity contribution in [3.63, 3.8) is 0 Å². The quantitative estimate of drug-likeness (QED) is 0.203. The molecule has 0 aromatic heterocycles. The molecule has 0 aromatic rings. The first kappa shape index (κ1) is 20.9. The summed E-state index contributed by atoms with van der Waals surface area (Å²) >= 11 is 0. The molecule has 0 saturated heterocycles. The third kappa shape index (κ3) is 11.5. The fourth-order valence-corrected chi connectivity index (χ4v) is 1.98. The smallest absolute Gasteiger partial charge is 0.472 e. The summed E-state index contributed by atoms with van der Waals surface area (Å²) in [6.07, 6.45) is 0.249. The van der Waals surface area contributed by atoms with E-state index in [1.54, 1.807) is 0 Å². The number of rotatable bonds is 13. The molecular formula is C12H22NO8P-2. The van der Waals surface area contributed by atoms with Crippen molar-refractivity contribution in [3.05, 3.63) is 19.4 Å². The summed E-state index contributed by atoms with van der Waals surface area (Å²) in [5.41, 5.74) is 5.13. The van der Waals surface area contributed by atoms with E-state index in [1.165, 1.54) is 0 Å². The minimum Gasteiger partial charge on any atom is -0.604 e.